The van der Waals surface area contributed by atoms with Gasteiger partial charge in [0.2, 0.25) is 0 Å². The number of benzene rings is 3. The van der Waals surface area contributed by atoms with Crippen LogP contribution in [0.4, 0.5) is 14.5 Å². The van der Waals surface area contributed by atoms with Crippen LogP contribution in [0.15, 0.2) is 71.8 Å². The van der Waals surface area contributed by atoms with Crippen molar-refractivity contribution in [3.05, 3.63) is 89.5 Å². The maximum Gasteiger partial charge on any atom is 0.329 e. The second-order valence-corrected chi connectivity index (χ2v) is 6.49. The zero-order chi connectivity index (χ0) is 22.9. The number of ether oxygens (including phenoxy) is 2. The fraction of sp³-hybridized carbons (Fsp3) is 0.0870. The maximum absolute atomic E-state index is 13.0. The van der Waals surface area contributed by atoms with Gasteiger partial charge in [-0.3, -0.25) is 9.59 Å². The van der Waals surface area contributed by atoms with Crippen molar-refractivity contribution in [1.29, 1.82) is 0 Å². The molecule has 0 saturated carbocycles. The summed E-state index contributed by atoms with van der Waals surface area (Å²) >= 11 is 0. The molecule has 9 heteroatoms. The lowest BCUT2D eigenvalue weighted by Gasteiger charge is -2.11. The summed E-state index contributed by atoms with van der Waals surface area (Å²) in [6.07, 6.45) is 1.33. The molecule has 2 amide bonds. The van der Waals surface area contributed by atoms with Crippen molar-refractivity contribution in [2.45, 2.75) is 6.61 Å². The highest BCUT2D eigenvalue weighted by atomic mass is 19.1. The quantitative estimate of drug-likeness (QED) is 0.334. The molecule has 0 unspecified atom stereocenters. The summed E-state index contributed by atoms with van der Waals surface area (Å²) in [7, 11) is 1.47. The summed E-state index contributed by atoms with van der Waals surface area (Å²) < 4.78 is 36.9. The smallest absolute Gasteiger partial charge is 0.329 e. The molecule has 32 heavy (non-hydrogen) atoms. The minimum absolute atomic E-state index is 0.225. The van der Waals surface area contributed by atoms with Gasteiger partial charge < -0.3 is 14.8 Å². The summed E-state index contributed by atoms with van der Waals surface area (Å²) in [5, 5.41) is 6.07. The average Bonchev–Trinajstić information content (AvgIpc) is 2.80. The first kappa shape index (κ1) is 22.4. The molecule has 0 heterocycles. The largest absolute Gasteiger partial charge is 0.493 e. The van der Waals surface area contributed by atoms with Crippen LogP contribution in [-0.2, 0) is 16.2 Å². The predicted molar refractivity (Wildman–Crippen MR) is 114 cm³/mol. The van der Waals surface area contributed by atoms with Gasteiger partial charge in [0, 0.05) is 5.69 Å². The van der Waals surface area contributed by atoms with Crippen LogP contribution in [0.3, 0.4) is 0 Å². The third kappa shape index (κ3) is 6.36. The standard InChI is InChI=1S/C23H19F2N3O4/c1-31-21-12-16(4-11-20(21)32-14-15-2-5-17(24)6-3-15)13-26-28-23(30)22(29)27-19-9-7-18(25)8-10-19/h2-13H,14H2,1H3,(H,27,29)(H,28,30)/b26-13-. The number of hydrogen-bond donors (Lipinski definition) is 2. The van der Waals surface area contributed by atoms with E-state index < -0.39 is 17.6 Å². The Morgan fingerprint density at radius 1 is 0.906 bits per heavy atom. The molecular weight excluding hydrogens is 420 g/mol. The lowest BCUT2D eigenvalue weighted by molar-refractivity contribution is -0.136. The molecule has 0 fully saturated rings. The van der Waals surface area contributed by atoms with E-state index in [1.165, 1.54) is 37.6 Å². The van der Waals surface area contributed by atoms with Gasteiger partial charge in [-0.1, -0.05) is 12.1 Å². The zero-order valence-corrected chi connectivity index (χ0v) is 17.0. The first-order valence-electron chi connectivity index (χ1n) is 9.40. The molecule has 0 saturated heterocycles. The van der Waals surface area contributed by atoms with Crippen molar-refractivity contribution in [2.24, 2.45) is 5.10 Å². The number of hydrazone groups is 1. The number of methoxy groups -OCH3 is 1. The number of halogens is 2. The third-order valence-corrected chi connectivity index (χ3v) is 4.18. The van der Waals surface area contributed by atoms with Crippen LogP contribution in [0.25, 0.3) is 0 Å². The molecule has 0 spiro atoms. The van der Waals surface area contributed by atoms with Crippen LogP contribution in [0.1, 0.15) is 11.1 Å². The van der Waals surface area contributed by atoms with Gasteiger partial charge in [-0.2, -0.15) is 5.10 Å². The van der Waals surface area contributed by atoms with Gasteiger partial charge in [0.1, 0.15) is 18.2 Å². The maximum atomic E-state index is 13.0. The van der Waals surface area contributed by atoms with Crippen LogP contribution in [-0.4, -0.2) is 25.1 Å². The minimum Gasteiger partial charge on any atom is -0.493 e. The SMILES string of the molecule is COc1cc(/C=N\NC(=O)C(=O)Nc2ccc(F)cc2)ccc1OCc1ccc(F)cc1. The van der Waals surface area contributed by atoms with E-state index in [0.29, 0.717) is 17.1 Å². The molecule has 0 aliphatic heterocycles. The normalized spacial score (nSPS) is 10.6. The number of amides is 2. The van der Waals surface area contributed by atoms with E-state index in [9.17, 15) is 18.4 Å². The molecule has 0 atom stereocenters. The highest BCUT2D eigenvalue weighted by Gasteiger charge is 2.13. The molecule has 2 N–H and O–H groups in total. The van der Waals surface area contributed by atoms with Crippen LogP contribution in [0.5, 0.6) is 11.5 Å². The molecule has 0 aliphatic rings. The van der Waals surface area contributed by atoms with Crippen LogP contribution < -0.4 is 20.2 Å². The van der Waals surface area contributed by atoms with E-state index in [1.807, 2.05) is 0 Å². The number of anilines is 1. The number of nitrogens with one attached hydrogen (secondary N) is 2. The van der Waals surface area contributed by atoms with Crippen molar-refractivity contribution < 1.29 is 27.8 Å². The Balaban J connectivity index is 1.55. The lowest BCUT2D eigenvalue weighted by Crippen LogP contribution is -2.32. The summed E-state index contributed by atoms with van der Waals surface area (Å²) in [4.78, 5) is 23.7. The monoisotopic (exact) mass is 439 g/mol. The summed E-state index contributed by atoms with van der Waals surface area (Å²) in [5.74, 6) is -1.82. The molecule has 3 aromatic carbocycles. The Morgan fingerprint density at radius 3 is 2.22 bits per heavy atom. The van der Waals surface area contributed by atoms with E-state index in [-0.39, 0.29) is 18.1 Å². The zero-order valence-electron chi connectivity index (χ0n) is 17.0. The third-order valence-electron chi connectivity index (χ3n) is 4.18. The fourth-order valence-corrected chi connectivity index (χ4v) is 2.56. The van der Waals surface area contributed by atoms with Crippen molar-refractivity contribution in [3.8, 4) is 11.5 Å². The van der Waals surface area contributed by atoms with Crippen LogP contribution in [0, 0.1) is 11.6 Å². The lowest BCUT2D eigenvalue weighted by atomic mass is 10.2. The highest BCUT2D eigenvalue weighted by Crippen LogP contribution is 2.28. The van der Waals surface area contributed by atoms with Crippen molar-refractivity contribution in [1.82, 2.24) is 5.43 Å². The molecule has 0 aliphatic carbocycles. The first-order chi connectivity index (χ1) is 15.4. The van der Waals surface area contributed by atoms with Gasteiger partial charge in [-0.05, 0) is 65.7 Å². The molecule has 0 bridgehead atoms. The van der Waals surface area contributed by atoms with Gasteiger partial charge in [-0.15, -0.1) is 0 Å². The summed E-state index contributed by atoms with van der Waals surface area (Å²) in [5.41, 5.74) is 3.75. The van der Waals surface area contributed by atoms with Crippen molar-refractivity contribution in [2.75, 3.05) is 12.4 Å². The Bertz CT molecular complexity index is 1120. The molecular formula is C23H19F2N3O4. The molecule has 164 valence electrons. The summed E-state index contributed by atoms with van der Waals surface area (Å²) in [6, 6.07) is 15.9. The molecule has 0 radical (unpaired) electrons. The molecule has 3 rings (SSSR count). The van der Waals surface area contributed by atoms with Crippen molar-refractivity contribution in [3.63, 3.8) is 0 Å². The number of carbonyl (C=O) groups is 2. The fourth-order valence-electron chi connectivity index (χ4n) is 2.56. The highest BCUT2D eigenvalue weighted by molar-refractivity contribution is 6.39. The van der Waals surface area contributed by atoms with Gasteiger partial charge in [0.05, 0.1) is 13.3 Å². The number of nitrogens with zero attached hydrogens (tertiary/aromatic N) is 1. The first-order valence-corrected chi connectivity index (χ1v) is 9.40. The second kappa shape index (κ2) is 10.7. The average molecular weight is 439 g/mol. The number of hydrogen-bond acceptors (Lipinski definition) is 5. The molecule has 7 nitrogen and oxygen atoms in total. The molecule has 3 aromatic rings. The van der Waals surface area contributed by atoms with Gasteiger partial charge >= 0.3 is 11.8 Å². The second-order valence-electron chi connectivity index (χ2n) is 6.49. The van der Waals surface area contributed by atoms with Crippen molar-refractivity contribution >= 4 is 23.7 Å². The predicted octanol–water partition coefficient (Wildman–Crippen LogP) is 3.64. The Labute approximate surface area is 182 Å². The molecule has 0 aromatic heterocycles. The van der Waals surface area contributed by atoms with E-state index >= 15 is 0 Å². The van der Waals surface area contributed by atoms with E-state index in [2.05, 4.69) is 15.8 Å². The topological polar surface area (TPSA) is 89.0 Å². The van der Waals surface area contributed by atoms with Gasteiger partial charge in [0.15, 0.2) is 11.5 Å². The van der Waals surface area contributed by atoms with Gasteiger partial charge in [-0.25, -0.2) is 14.2 Å². The number of carbonyl (C=O) groups excluding carboxylic acids is 2. The van der Waals surface area contributed by atoms with E-state index in [4.69, 9.17) is 9.47 Å². The van der Waals surface area contributed by atoms with Crippen LogP contribution in [0.2, 0.25) is 0 Å². The van der Waals surface area contributed by atoms with E-state index in [0.717, 1.165) is 17.7 Å². The minimum atomic E-state index is -0.989. The Hall–Kier alpha value is -4.27. The van der Waals surface area contributed by atoms with E-state index in [1.54, 1.807) is 30.3 Å². The van der Waals surface area contributed by atoms with Gasteiger partial charge in [0.25, 0.3) is 0 Å². The number of rotatable bonds is 7. The Morgan fingerprint density at radius 2 is 1.56 bits per heavy atom. The summed E-state index contributed by atoms with van der Waals surface area (Å²) in [6.45, 7) is 0.225. The Kier molecular flexibility index (Phi) is 7.47. The van der Waals surface area contributed by atoms with Crippen LogP contribution >= 0.6 is 0 Å².